The van der Waals surface area contributed by atoms with Gasteiger partial charge < -0.3 is 8.98 Å². The molecule has 0 aliphatic rings. The van der Waals surface area contributed by atoms with E-state index in [0.29, 0.717) is 17.5 Å². The third-order valence-corrected chi connectivity index (χ3v) is 12.1. The van der Waals surface area contributed by atoms with Gasteiger partial charge in [0.15, 0.2) is 17.5 Å². The van der Waals surface area contributed by atoms with Crippen molar-refractivity contribution in [1.29, 1.82) is 0 Å². The van der Waals surface area contributed by atoms with Crippen LogP contribution in [0.5, 0.6) is 0 Å². The number of unbranched alkanes of at least 4 members (excludes halogenated alkanes) is 1. The Morgan fingerprint density at radius 3 is 2.11 bits per heavy atom. The Hall–Kier alpha value is -6.63. The summed E-state index contributed by atoms with van der Waals surface area (Å²) in [6.07, 6.45) is 3.41. The number of aryl methyl sites for hydroxylation is 1. The number of benzene rings is 7. The molecule has 0 amide bonds. The molecular formula is C49H34N4OS. The monoisotopic (exact) mass is 726 g/mol. The summed E-state index contributed by atoms with van der Waals surface area (Å²) >= 11 is 1.86. The molecule has 0 unspecified atom stereocenters. The number of fused-ring (bicyclic) bond motifs is 10. The molecule has 0 fully saturated rings. The van der Waals surface area contributed by atoms with E-state index in [-0.39, 0.29) is 0 Å². The maximum Gasteiger partial charge on any atom is 0.164 e. The van der Waals surface area contributed by atoms with Gasteiger partial charge >= 0.3 is 0 Å². The van der Waals surface area contributed by atoms with Crippen LogP contribution in [-0.4, -0.2) is 19.5 Å². The van der Waals surface area contributed by atoms with Crippen LogP contribution in [0.4, 0.5) is 0 Å². The second-order valence-corrected chi connectivity index (χ2v) is 15.3. The van der Waals surface area contributed by atoms with Gasteiger partial charge in [-0.2, -0.15) is 0 Å². The van der Waals surface area contributed by atoms with E-state index in [1.807, 2.05) is 53.8 Å². The molecule has 0 saturated heterocycles. The highest BCUT2D eigenvalue weighted by Gasteiger charge is 2.21. The van der Waals surface area contributed by atoms with Gasteiger partial charge in [0.05, 0.1) is 15.7 Å². The quantitative estimate of drug-likeness (QED) is 0.164. The maximum absolute atomic E-state index is 6.71. The average molecular weight is 727 g/mol. The van der Waals surface area contributed by atoms with Crippen molar-refractivity contribution in [2.75, 3.05) is 0 Å². The molecule has 0 aliphatic carbocycles. The zero-order chi connectivity index (χ0) is 36.5. The summed E-state index contributed by atoms with van der Waals surface area (Å²) in [5.74, 6) is 1.91. The van der Waals surface area contributed by atoms with E-state index in [1.165, 1.54) is 60.4 Å². The Kier molecular flexibility index (Phi) is 7.39. The first-order valence-corrected chi connectivity index (χ1v) is 19.7. The lowest BCUT2D eigenvalue weighted by atomic mass is 10.0. The molecule has 0 bridgehead atoms. The highest BCUT2D eigenvalue weighted by Crippen LogP contribution is 2.44. The molecule has 55 heavy (non-hydrogen) atoms. The third kappa shape index (κ3) is 5.17. The van der Waals surface area contributed by atoms with Gasteiger partial charge in [-0.15, -0.1) is 11.3 Å². The number of hydrogen-bond donors (Lipinski definition) is 0. The molecular weight excluding hydrogens is 693 g/mol. The second-order valence-electron chi connectivity index (χ2n) is 14.2. The average Bonchev–Trinajstić information content (AvgIpc) is 3.92. The van der Waals surface area contributed by atoms with Gasteiger partial charge in [0.1, 0.15) is 11.2 Å². The molecule has 0 aliphatic heterocycles. The molecule has 0 spiro atoms. The Labute approximate surface area is 321 Å². The number of nitrogens with zero attached hydrogens (tertiary/aromatic N) is 4. The third-order valence-electron chi connectivity index (χ3n) is 10.9. The summed E-state index contributed by atoms with van der Waals surface area (Å²) in [4.78, 5) is 15.2. The molecule has 6 heteroatoms. The number of aromatic nitrogens is 4. The summed E-state index contributed by atoms with van der Waals surface area (Å²) in [5, 5.41) is 7.07. The van der Waals surface area contributed by atoms with Crippen LogP contribution in [0.15, 0.2) is 156 Å². The lowest BCUT2D eigenvalue weighted by molar-refractivity contribution is 0.668. The molecule has 11 rings (SSSR count). The molecule has 7 aromatic carbocycles. The lowest BCUT2D eigenvalue weighted by Crippen LogP contribution is -2.00. The Morgan fingerprint density at radius 2 is 1.27 bits per heavy atom. The number of thiophene rings is 1. The van der Waals surface area contributed by atoms with Crippen LogP contribution >= 0.6 is 11.3 Å². The van der Waals surface area contributed by atoms with E-state index in [0.717, 1.165) is 50.7 Å². The number of rotatable bonds is 7. The van der Waals surface area contributed by atoms with E-state index in [1.54, 1.807) is 0 Å². The SMILES string of the molecule is CCCCc1ccc(-c2nc(-c3ccccc3)nc(-c3cccc4oc5cc(-n6c7ccccc7c7ccc8c9ccccc9sc8c76)ccc5c34)n2)cc1. The number of para-hydroxylation sites is 1. The fourth-order valence-corrected chi connectivity index (χ4v) is 9.42. The van der Waals surface area contributed by atoms with Crippen LogP contribution < -0.4 is 0 Å². The van der Waals surface area contributed by atoms with Crippen molar-refractivity contribution in [3.63, 3.8) is 0 Å². The first-order valence-electron chi connectivity index (χ1n) is 18.9. The first kappa shape index (κ1) is 31.9. The van der Waals surface area contributed by atoms with Gasteiger partial charge in [0.2, 0.25) is 0 Å². The van der Waals surface area contributed by atoms with Crippen LogP contribution in [0.25, 0.3) is 104 Å². The Morgan fingerprint density at radius 1 is 0.564 bits per heavy atom. The van der Waals surface area contributed by atoms with Crippen LogP contribution in [0.1, 0.15) is 25.3 Å². The standard InChI is InChI=1S/C49H34N4OS/c1-2-3-12-30-21-23-32(24-22-30)48-50-47(31-13-5-4-6-14-31)51-49(52-48)39-17-11-19-41-44(39)38-26-25-33(29-42(38)54-41)53-40-18-9-7-15-34(40)36-27-28-37-35-16-8-10-20-43(35)55-46(37)45(36)53/h4-11,13-29H,2-3,12H2,1H3. The zero-order valence-corrected chi connectivity index (χ0v) is 31.0. The molecule has 0 N–H and O–H groups in total. The summed E-state index contributed by atoms with van der Waals surface area (Å²) in [5.41, 5.74) is 9.20. The van der Waals surface area contributed by atoms with Crippen molar-refractivity contribution in [2.45, 2.75) is 26.2 Å². The summed E-state index contributed by atoms with van der Waals surface area (Å²) in [7, 11) is 0. The minimum atomic E-state index is 0.617. The molecule has 4 aromatic heterocycles. The highest BCUT2D eigenvalue weighted by molar-refractivity contribution is 7.26. The normalized spacial score (nSPS) is 11.9. The molecule has 4 heterocycles. The van der Waals surface area contributed by atoms with Gasteiger partial charge in [-0.05, 0) is 48.7 Å². The summed E-state index contributed by atoms with van der Waals surface area (Å²) in [6.45, 7) is 2.23. The van der Waals surface area contributed by atoms with E-state index in [4.69, 9.17) is 19.4 Å². The predicted octanol–water partition coefficient (Wildman–Crippen LogP) is 13.6. The molecule has 0 radical (unpaired) electrons. The topological polar surface area (TPSA) is 56.7 Å². The fraction of sp³-hybridized carbons (Fsp3) is 0.0816. The molecule has 5 nitrogen and oxygen atoms in total. The maximum atomic E-state index is 6.71. The van der Waals surface area contributed by atoms with Gasteiger partial charge in [-0.1, -0.05) is 129 Å². The Balaban J connectivity index is 1.10. The van der Waals surface area contributed by atoms with Crippen molar-refractivity contribution in [3.8, 4) is 39.9 Å². The van der Waals surface area contributed by atoms with Gasteiger partial charge in [0, 0.05) is 65.5 Å². The van der Waals surface area contributed by atoms with Crippen molar-refractivity contribution in [1.82, 2.24) is 19.5 Å². The van der Waals surface area contributed by atoms with Crippen molar-refractivity contribution in [3.05, 3.63) is 157 Å². The highest BCUT2D eigenvalue weighted by atomic mass is 32.1. The Bertz CT molecular complexity index is 3250. The zero-order valence-electron chi connectivity index (χ0n) is 30.2. The predicted molar refractivity (Wildman–Crippen MR) is 229 cm³/mol. The van der Waals surface area contributed by atoms with E-state index < -0.39 is 0 Å². The number of furan rings is 1. The lowest BCUT2D eigenvalue weighted by Gasteiger charge is -2.10. The minimum absolute atomic E-state index is 0.617. The van der Waals surface area contributed by atoms with E-state index in [9.17, 15) is 0 Å². The largest absolute Gasteiger partial charge is 0.456 e. The van der Waals surface area contributed by atoms with Crippen LogP contribution in [-0.2, 0) is 6.42 Å². The van der Waals surface area contributed by atoms with Gasteiger partial charge in [0.25, 0.3) is 0 Å². The van der Waals surface area contributed by atoms with E-state index >= 15 is 0 Å². The van der Waals surface area contributed by atoms with Crippen LogP contribution in [0.2, 0.25) is 0 Å². The van der Waals surface area contributed by atoms with Crippen molar-refractivity contribution >= 4 is 75.3 Å². The first-order chi connectivity index (χ1) is 27.2. The van der Waals surface area contributed by atoms with Crippen molar-refractivity contribution < 1.29 is 4.42 Å². The second kappa shape index (κ2) is 12.8. The van der Waals surface area contributed by atoms with Crippen LogP contribution in [0, 0.1) is 0 Å². The van der Waals surface area contributed by atoms with Gasteiger partial charge in [-0.3, -0.25) is 0 Å². The van der Waals surface area contributed by atoms with Crippen molar-refractivity contribution in [2.24, 2.45) is 0 Å². The minimum Gasteiger partial charge on any atom is -0.456 e. The molecule has 0 saturated carbocycles. The van der Waals surface area contributed by atoms with Gasteiger partial charge in [-0.25, -0.2) is 15.0 Å². The summed E-state index contributed by atoms with van der Waals surface area (Å²) < 4.78 is 11.7. The summed E-state index contributed by atoms with van der Waals surface area (Å²) in [6, 6.07) is 53.6. The molecule has 11 aromatic rings. The molecule has 262 valence electrons. The molecule has 0 atom stereocenters. The number of hydrogen-bond acceptors (Lipinski definition) is 5. The van der Waals surface area contributed by atoms with E-state index in [2.05, 4.69) is 121 Å². The fourth-order valence-electron chi connectivity index (χ4n) is 8.18. The van der Waals surface area contributed by atoms with Crippen LogP contribution in [0.3, 0.4) is 0 Å². The smallest absolute Gasteiger partial charge is 0.164 e.